The molecule has 2 rings (SSSR count). The largest absolute Gasteiger partial charge is 0.376 e. The Kier molecular flexibility index (Phi) is 2.47. The van der Waals surface area contributed by atoms with Crippen molar-refractivity contribution in [2.45, 2.75) is 12.5 Å². The van der Waals surface area contributed by atoms with Crippen LogP contribution in [-0.4, -0.2) is 19.6 Å². The average molecular weight is 221 g/mol. The van der Waals surface area contributed by atoms with E-state index in [0.717, 1.165) is 6.20 Å². The number of hydrogen-bond acceptors (Lipinski definition) is 3. The van der Waals surface area contributed by atoms with E-state index in [1.165, 1.54) is 12.1 Å². The molecule has 0 saturated carbocycles. The SMILES string of the molecule is Cn1ccnc1C(C)(O)c1ccc(F)cn1. The summed E-state index contributed by atoms with van der Waals surface area (Å²) in [5, 5.41) is 10.3. The lowest BCUT2D eigenvalue weighted by atomic mass is 10.0. The van der Waals surface area contributed by atoms with Crippen LogP contribution >= 0.6 is 0 Å². The number of aryl methyl sites for hydroxylation is 1. The quantitative estimate of drug-likeness (QED) is 0.829. The maximum atomic E-state index is 12.7. The molecule has 1 N–H and O–H groups in total. The number of aliphatic hydroxyl groups is 1. The Morgan fingerprint density at radius 2 is 2.12 bits per heavy atom. The maximum Gasteiger partial charge on any atom is 0.161 e. The normalized spacial score (nSPS) is 14.8. The fourth-order valence-corrected chi connectivity index (χ4v) is 1.61. The monoisotopic (exact) mass is 221 g/mol. The lowest BCUT2D eigenvalue weighted by Gasteiger charge is -2.21. The standard InChI is InChI=1S/C11H12FN3O/c1-11(16,10-13-5-6-15(10)2)9-4-3-8(12)7-14-9/h3-7,16H,1-2H3. The van der Waals surface area contributed by atoms with Crippen LogP contribution in [0, 0.1) is 5.82 Å². The maximum absolute atomic E-state index is 12.7. The molecule has 0 saturated heterocycles. The smallest absolute Gasteiger partial charge is 0.161 e. The summed E-state index contributed by atoms with van der Waals surface area (Å²) in [5.41, 5.74) is -0.963. The summed E-state index contributed by atoms with van der Waals surface area (Å²) >= 11 is 0. The lowest BCUT2D eigenvalue weighted by Crippen LogP contribution is -2.28. The molecule has 0 aliphatic heterocycles. The molecule has 0 aliphatic carbocycles. The van der Waals surface area contributed by atoms with Crippen LogP contribution in [0.25, 0.3) is 0 Å². The van der Waals surface area contributed by atoms with Gasteiger partial charge in [0.2, 0.25) is 0 Å². The molecule has 4 nitrogen and oxygen atoms in total. The zero-order valence-electron chi connectivity index (χ0n) is 9.05. The van der Waals surface area contributed by atoms with Gasteiger partial charge in [0, 0.05) is 19.4 Å². The highest BCUT2D eigenvalue weighted by Crippen LogP contribution is 2.25. The van der Waals surface area contributed by atoms with Gasteiger partial charge in [-0.15, -0.1) is 0 Å². The number of pyridine rings is 1. The van der Waals surface area contributed by atoms with E-state index in [1.54, 1.807) is 30.9 Å². The molecule has 2 aromatic heterocycles. The second-order valence-electron chi connectivity index (χ2n) is 3.80. The third kappa shape index (κ3) is 1.69. The van der Waals surface area contributed by atoms with Gasteiger partial charge in [0.15, 0.2) is 5.60 Å². The van der Waals surface area contributed by atoms with E-state index in [0.29, 0.717) is 11.5 Å². The van der Waals surface area contributed by atoms with Crippen molar-refractivity contribution in [1.29, 1.82) is 0 Å². The summed E-state index contributed by atoms with van der Waals surface area (Å²) in [6.45, 7) is 1.58. The lowest BCUT2D eigenvalue weighted by molar-refractivity contribution is 0.0843. The Balaban J connectivity index is 2.46. The summed E-state index contributed by atoms with van der Waals surface area (Å²) < 4.78 is 14.4. The molecule has 2 heterocycles. The predicted molar refractivity (Wildman–Crippen MR) is 56.1 cm³/mol. The van der Waals surface area contributed by atoms with E-state index < -0.39 is 11.4 Å². The van der Waals surface area contributed by atoms with Crippen molar-refractivity contribution in [3.8, 4) is 0 Å². The second kappa shape index (κ2) is 3.68. The van der Waals surface area contributed by atoms with Crippen molar-refractivity contribution >= 4 is 0 Å². The average Bonchev–Trinajstić information content (AvgIpc) is 2.66. The molecule has 16 heavy (non-hydrogen) atoms. The van der Waals surface area contributed by atoms with Crippen LogP contribution < -0.4 is 0 Å². The molecule has 0 aliphatic rings. The highest BCUT2D eigenvalue weighted by Gasteiger charge is 2.31. The predicted octanol–water partition coefficient (Wildman–Crippen LogP) is 1.21. The summed E-state index contributed by atoms with van der Waals surface area (Å²) in [6, 6.07) is 2.71. The van der Waals surface area contributed by atoms with E-state index in [9.17, 15) is 9.50 Å². The van der Waals surface area contributed by atoms with Crippen molar-refractivity contribution in [2.75, 3.05) is 0 Å². The summed E-state index contributed by atoms with van der Waals surface area (Å²) in [5.74, 6) is 0.0333. The molecular weight excluding hydrogens is 209 g/mol. The molecule has 1 unspecified atom stereocenters. The Bertz CT molecular complexity index is 490. The van der Waals surface area contributed by atoms with Crippen molar-refractivity contribution in [3.05, 3.63) is 48.1 Å². The van der Waals surface area contributed by atoms with Crippen molar-refractivity contribution in [3.63, 3.8) is 0 Å². The van der Waals surface area contributed by atoms with Crippen molar-refractivity contribution in [2.24, 2.45) is 7.05 Å². The van der Waals surface area contributed by atoms with Crippen molar-refractivity contribution in [1.82, 2.24) is 14.5 Å². The zero-order chi connectivity index (χ0) is 11.8. The minimum atomic E-state index is -1.33. The minimum Gasteiger partial charge on any atom is -0.376 e. The number of imidazole rings is 1. The molecular formula is C11H12FN3O. The summed E-state index contributed by atoms with van der Waals surface area (Å²) in [6.07, 6.45) is 4.40. The Hall–Kier alpha value is -1.75. The molecule has 0 fully saturated rings. The second-order valence-corrected chi connectivity index (χ2v) is 3.80. The van der Waals surface area contributed by atoms with Gasteiger partial charge in [0.1, 0.15) is 11.6 Å². The molecule has 84 valence electrons. The number of aromatic nitrogens is 3. The number of hydrogen-bond donors (Lipinski definition) is 1. The number of rotatable bonds is 2. The molecule has 0 radical (unpaired) electrons. The van der Waals surface area contributed by atoms with Crippen LogP contribution in [-0.2, 0) is 12.6 Å². The Labute approximate surface area is 92.4 Å². The first-order valence-corrected chi connectivity index (χ1v) is 4.84. The van der Waals surface area contributed by atoms with Gasteiger partial charge in [-0.1, -0.05) is 0 Å². The van der Waals surface area contributed by atoms with E-state index in [2.05, 4.69) is 9.97 Å². The van der Waals surface area contributed by atoms with Crippen LogP contribution in [0.4, 0.5) is 4.39 Å². The third-order valence-electron chi connectivity index (χ3n) is 2.48. The fourth-order valence-electron chi connectivity index (χ4n) is 1.61. The molecule has 0 amide bonds. The van der Waals surface area contributed by atoms with E-state index in [1.807, 2.05) is 0 Å². The van der Waals surface area contributed by atoms with Gasteiger partial charge >= 0.3 is 0 Å². The van der Waals surface area contributed by atoms with Gasteiger partial charge in [0.05, 0.1) is 11.9 Å². The van der Waals surface area contributed by atoms with Crippen molar-refractivity contribution < 1.29 is 9.50 Å². The van der Waals surface area contributed by atoms with E-state index in [-0.39, 0.29) is 0 Å². The Morgan fingerprint density at radius 3 is 2.62 bits per heavy atom. The molecule has 0 spiro atoms. The first-order chi connectivity index (χ1) is 7.51. The van der Waals surface area contributed by atoms with Crippen LogP contribution in [0.2, 0.25) is 0 Å². The van der Waals surface area contributed by atoms with E-state index >= 15 is 0 Å². The topological polar surface area (TPSA) is 50.9 Å². The van der Waals surface area contributed by atoms with Crippen LogP contribution in [0.15, 0.2) is 30.7 Å². The van der Waals surface area contributed by atoms with Gasteiger partial charge in [-0.3, -0.25) is 4.98 Å². The first kappa shape index (κ1) is 10.8. The van der Waals surface area contributed by atoms with E-state index in [4.69, 9.17) is 0 Å². The zero-order valence-corrected chi connectivity index (χ0v) is 9.05. The first-order valence-electron chi connectivity index (χ1n) is 4.84. The number of nitrogens with zero attached hydrogens (tertiary/aromatic N) is 3. The molecule has 1 atom stereocenters. The molecule has 0 bridgehead atoms. The summed E-state index contributed by atoms with van der Waals surface area (Å²) in [4.78, 5) is 7.93. The summed E-state index contributed by atoms with van der Waals surface area (Å²) in [7, 11) is 1.78. The van der Waals surface area contributed by atoms with Gasteiger partial charge in [-0.25, -0.2) is 9.37 Å². The van der Waals surface area contributed by atoms with Gasteiger partial charge in [-0.2, -0.15) is 0 Å². The Morgan fingerprint density at radius 1 is 1.38 bits per heavy atom. The highest BCUT2D eigenvalue weighted by molar-refractivity contribution is 5.22. The molecule has 0 aromatic carbocycles. The third-order valence-corrected chi connectivity index (χ3v) is 2.48. The van der Waals surface area contributed by atoms with Gasteiger partial charge in [0.25, 0.3) is 0 Å². The molecule has 5 heteroatoms. The fraction of sp³-hybridized carbons (Fsp3) is 0.273. The van der Waals surface area contributed by atoms with Crippen LogP contribution in [0.5, 0.6) is 0 Å². The van der Waals surface area contributed by atoms with Crippen LogP contribution in [0.1, 0.15) is 18.4 Å². The molecule has 2 aromatic rings. The minimum absolute atomic E-state index is 0.364. The highest BCUT2D eigenvalue weighted by atomic mass is 19.1. The van der Waals surface area contributed by atoms with Gasteiger partial charge < -0.3 is 9.67 Å². The van der Waals surface area contributed by atoms with Gasteiger partial charge in [-0.05, 0) is 19.1 Å². The van der Waals surface area contributed by atoms with Crippen LogP contribution in [0.3, 0.4) is 0 Å². The number of halogens is 1.